The number of amides is 1. The zero-order chi connectivity index (χ0) is 22.5. The maximum atomic E-state index is 15.2. The lowest BCUT2D eigenvalue weighted by molar-refractivity contribution is 0.0940. The first kappa shape index (κ1) is 20.5. The molecule has 2 saturated heterocycles. The molecule has 10 heteroatoms. The normalized spacial score (nSPS) is 19.1. The molecule has 1 amide bonds. The van der Waals surface area contributed by atoms with E-state index in [4.69, 9.17) is 4.74 Å². The van der Waals surface area contributed by atoms with E-state index in [9.17, 15) is 9.59 Å². The highest BCUT2D eigenvalue weighted by Gasteiger charge is 2.27. The van der Waals surface area contributed by atoms with Crippen molar-refractivity contribution in [3.63, 3.8) is 0 Å². The van der Waals surface area contributed by atoms with Crippen LogP contribution in [0.25, 0.3) is 26.1 Å². The van der Waals surface area contributed by atoms with Crippen LogP contribution in [0.3, 0.4) is 0 Å². The molecule has 1 aromatic carbocycles. The van der Waals surface area contributed by atoms with Crippen LogP contribution in [-0.2, 0) is 4.74 Å². The van der Waals surface area contributed by atoms with Crippen LogP contribution in [0, 0.1) is 5.82 Å². The van der Waals surface area contributed by atoms with Crippen LogP contribution in [-0.4, -0.2) is 60.7 Å². The summed E-state index contributed by atoms with van der Waals surface area (Å²) in [6.45, 7) is 3.51. The minimum absolute atomic E-state index is 0.0379. The minimum atomic E-state index is -0.577. The largest absolute Gasteiger partial charge is 0.378 e. The Balaban J connectivity index is 1.63. The lowest BCUT2D eigenvalue weighted by atomic mass is 10.1. The molecule has 2 aliphatic rings. The minimum Gasteiger partial charge on any atom is -0.378 e. The summed E-state index contributed by atoms with van der Waals surface area (Å²) in [4.78, 5) is 33.8. The number of morpholine rings is 1. The Bertz CT molecular complexity index is 1450. The van der Waals surface area contributed by atoms with E-state index in [1.54, 1.807) is 0 Å². The van der Waals surface area contributed by atoms with Gasteiger partial charge in [-0.2, -0.15) is 0 Å². The van der Waals surface area contributed by atoms with Crippen molar-refractivity contribution >= 4 is 49.1 Å². The van der Waals surface area contributed by atoms with Gasteiger partial charge in [-0.1, -0.05) is 12.1 Å². The smallest absolute Gasteiger partial charge is 0.258 e. The van der Waals surface area contributed by atoms with Crippen LogP contribution in [0.5, 0.6) is 0 Å². The predicted molar refractivity (Wildman–Crippen MR) is 126 cm³/mol. The Hall–Kier alpha value is -3.08. The average Bonchev–Trinajstić information content (AvgIpc) is 3.47. The van der Waals surface area contributed by atoms with Crippen LogP contribution >= 0.6 is 11.3 Å². The van der Waals surface area contributed by atoms with E-state index < -0.39 is 17.2 Å². The number of pyridine rings is 2. The number of hydrogen-bond donors (Lipinski definition) is 2. The highest BCUT2D eigenvalue weighted by molar-refractivity contribution is 7.24. The lowest BCUT2D eigenvalue weighted by Gasteiger charge is -2.28. The first-order chi connectivity index (χ1) is 16.1. The third-order valence-corrected chi connectivity index (χ3v) is 7.43. The van der Waals surface area contributed by atoms with Crippen molar-refractivity contribution in [2.45, 2.75) is 12.5 Å². The Morgan fingerprint density at radius 2 is 2.09 bits per heavy atom. The summed E-state index contributed by atoms with van der Waals surface area (Å²) in [7, 11) is 0. The molecular weight excluding hydrogens is 445 g/mol. The second-order valence-electron chi connectivity index (χ2n) is 8.34. The monoisotopic (exact) mass is 467 g/mol. The number of carbonyl (C=O) groups excluding carboxylic acids is 1. The van der Waals surface area contributed by atoms with Gasteiger partial charge in [-0.15, -0.1) is 11.3 Å². The summed E-state index contributed by atoms with van der Waals surface area (Å²) in [6.07, 6.45) is 0.801. The number of benzene rings is 1. The summed E-state index contributed by atoms with van der Waals surface area (Å²) in [5.41, 5.74) is 0.719. The average molecular weight is 468 g/mol. The Morgan fingerprint density at radius 3 is 2.88 bits per heavy atom. The molecule has 0 aliphatic carbocycles. The van der Waals surface area contributed by atoms with E-state index in [0.29, 0.717) is 43.3 Å². The molecule has 4 aromatic rings. The topological polar surface area (TPSA) is 88.0 Å². The van der Waals surface area contributed by atoms with Crippen LogP contribution in [0.15, 0.2) is 35.1 Å². The number of carbonyl (C=O) groups is 1. The highest BCUT2D eigenvalue weighted by atomic mass is 32.1. The molecule has 0 saturated carbocycles. The van der Waals surface area contributed by atoms with E-state index in [1.807, 2.05) is 33.6 Å². The van der Waals surface area contributed by atoms with E-state index in [1.165, 1.54) is 17.4 Å². The van der Waals surface area contributed by atoms with Crippen molar-refractivity contribution in [2.24, 2.45) is 0 Å². The molecule has 1 atom stereocenters. The molecule has 5 heterocycles. The van der Waals surface area contributed by atoms with Crippen molar-refractivity contribution in [1.82, 2.24) is 20.0 Å². The van der Waals surface area contributed by atoms with Crippen molar-refractivity contribution in [3.05, 3.63) is 51.9 Å². The molecule has 2 aliphatic heterocycles. The Morgan fingerprint density at radius 1 is 1.27 bits per heavy atom. The number of para-hydroxylation sites is 1. The van der Waals surface area contributed by atoms with Crippen LogP contribution in [0.4, 0.5) is 10.2 Å². The summed E-state index contributed by atoms with van der Waals surface area (Å²) < 4.78 is 23.3. The number of aromatic nitrogens is 2. The van der Waals surface area contributed by atoms with Gasteiger partial charge in [0, 0.05) is 25.7 Å². The molecule has 0 spiro atoms. The number of halogens is 1. The van der Waals surface area contributed by atoms with Gasteiger partial charge in [0.2, 0.25) is 5.43 Å². The zero-order valence-electron chi connectivity index (χ0n) is 17.8. The summed E-state index contributed by atoms with van der Waals surface area (Å²) >= 11 is 1.37. The van der Waals surface area contributed by atoms with Gasteiger partial charge in [-0.3, -0.25) is 14.0 Å². The number of rotatable bonds is 3. The molecule has 3 aromatic heterocycles. The maximum Gasteiger partial charge on any atom is 0.258 e. The predicted octanol–water partition coefficient (Wildman–Crippen LogP) is 2.13. The first-order valence-electron chi connectivity index (χ1n) is 11.0. The standard InChI is InChI=1S/C23H22FN5O3S/c24-15-11-14-19(30)18(22(31)26-13-5-6-25-12-13)23-29(16-3-1-2-4-17(16)33-23)20(14)27-21(15)28-7-9-32-10-8-28/h1-4,11,13,25H,5-10,12H2,(H,26,31). The SMILES string of the molecule is O=C(NC1CCNC1)c1c(=O)c2cc(F)c(N3CCOCC3)nc2n2c1sc1ccccc12. The number of anilines is 1. The van der Waals surface area contributed by atoms with Crippen LogP contribution in [0.2, 0.25) is 0 Å². The van der Waals surface area contributed by atoms with Crippen molar-refractivity contribution in [3.8, 4) is 0 Å². The first-order valence-corrected chi connectivity index (χ1v) is 11.8. The van der Waals surface area contributed by atoms with Gasteiger partial charge in [-0.05, 0) is 31.2 Å². The van der Waals surface area contributed by atoms with Crippen molar-refractivity contribution in [1.29, 1.82) is 0 Å². The number of nitrogens with one attached hydrogen (secondary N) is 2. The van der Waals surface area contributed by atoms with Gasteiger partial charge in [0.25, 0.3) is 5.91 Å². The third-order valence-electron chi connectivity index (χ3n) is 6.28. The molecule has 2 fully saturated rings. The van der Waals surface area contributed by atoms with Gasteiger partial charge in [0.1, 0.15) is 10.4 Å². The number of hydrogen-bond acceptors (Lipinski definition) is 7. The van der Waals surface area contributed by atoms with Gasteiger partial charge >= 0.3 is 0 Å². The molecule has 0 bridgehead atoms. The number of thiazole rings is 1. The van der Waals surface area contributed by atoms with Gasteiger partial charge in [0.05, 0.1) is 28.8 Å². The third kappa shape index (κ3) is 3.36. The van der Waals surface area contributed by atoms with Gasteiger partial charge in [0.15, 0.2) is 17.3 Å². The number of ether oxygens (including phenoxy) is 1. The van der Waals surface area contributed by atoms with E-state index in [2.05, 4.69) is 15.6 Å². The van der Waals surface area contributed by atoms with E-state index in [0.717, 1.165) is 23.2 Å². The molecule has 6 rings (SSSR count). The fraction of sp³-hybridized carbons (Fsp3) is 0.348. The molecule has 0 radical (unpaired) electrons. The number of fused-ring (bicyclic) bond motifs is 5. The maximum absolute atomic E-state index is 15.2. The highest BCUT2D eigenvalue weighted by Crippen LogP contribution is 2.32. The number of nitrogens with zero attached hydrogens (tertiary/aromatic N) is 3. The summed E-state index contributed by atoms with van der Waals surface area (Å²) in [5.74, 6) is -0.812. The lowest BCUT2D eigenvalue weighted by Crippen LogP contribution is -2.39. The quantitative estimate of drug-likeness (QED) is 0.480. The van der Waals surface area contributed by atoms with Crippen molar-refractivity contribution < 1.29 is 13.9 Å². The molecule has 1 unspecified atom stereocenters. The Kier molecular flexibility index (Phi) is 5.01. The van der Waals surface area contributed by atoms with Crippen LogP contribution in [0.1, 0.15) is 16.8 Å². The zero-order valence-corrected chi connectivity index (χ0v) is 18.6. The second kappa shape index (κ2) is 8.05. The fourth-order valence-corrected chi connectivity index (χ4v) is 5.81. The second-order valence-corrected chi connectivity index (χ2v) is 9.37. The Labute approximate surface area is 192 Å². The molecule has 2 N–H and O–H groups in total. The molecular formula is C23H22FN5O3S. The molecule has 33 heavy (non-hydrogen) atoms. The summed E-state index contributed by atoms with van der Waals surface area (Å²) in [5, 5.41) is 6.28. The fourth-order valence-electron chi connectivity index (χ4n) is 4.63. The van der Waals surface area contributed by atoms with E-state index in [-0.39, 0.29) is 22.8 Å². The van der Waals surface area contributed by atoms with E-state index >= 15 is 4.39 Å². The van der Waals surface area contributed by atoms with Crippen molar-refractivity contribution in [2.75, 3.05) is 44.3 Å². The van der Waals surface area contributed by atoms with Crippen LogP contribution < -0.4 is 21.0 Å². The van der Waals surface area contributed by atoms with Gasteiger partial charge < -0.3 is 20.3 Å². The molecule has 170 valence electrons. The summed E-state index contributed by atoms with van der Waals surface area (Å²) in [6, 6.07) is 8.86. The molecule has 8 nitrogen and oxygen atoms in total. The van der Waals surface area contributed by atoms with Gasteiger partial charge in [-0.25, -0.2) is 9.37 Å².